The van der Waals surface area contributed by atoms with Crippen molar-refractivity contribution in [3.05, 3.63) is 59.9 Å². The predicted octanol–water partition coefficient (Wildman–Crippen LogP) is 2.36. The molecule has 29 heavy (non-hydrogen) atoms. The Kier molecular flexibility index (Phi) is 7.50. The zero-order valence-electron chi connectivity index (χ0n) is 17.0. The molecule has 2 amide bonds. The summed E-state index contributed by atoms with van der Waals surface area (Å²) < 4.78 is 26.6. The van der Waals surface area contributed by atoms with Crippen molar-refractivity contribution in [2.45, 2.75) is 49.8 Å². The van der Waals surface area contributed by atoms with E-state index < -0.39 is 26.9 Å². The lowest BCUT2D eigenvalue weighted by Gasteiger charge is -2.19. The third kappa shape index (κ3) is 5.87. The number of pyridine rings is 1. The van der Waals surface area contributed by atoms with Gasteiger partial charge in [0.1, 0.15) is 5.25 Å². The molecule has 2 aromatic rings. The lowest BCUT2D eigenvalue weighted by atomic mass is 10.0. The fourth-order valence-corrected chi connectivity index (χ4v) is 4.42. The average molecular weight is 418 g/mol. The maximum absolute atomic E-state index is 13.3. The minimum atomic E-state index is -3.83. The molecule has 2 N–H and O–H groups in total. The smallest absolute Gasteiger partial charge is 0.309 e. The number of benzene rings is 1. The van der Waals surface area contributed by atoms with Gasteiger partial charge < -0.3 is 10.6 Å². The number of carbonyl (C=O) groups excluding carboxylic acids is 2. The van der Waals surface area contributed by atoms with Gasteiger partial charge in [0.05, 0.1) is 4.90 Å². The minimum absolute atomic E-state index is 0.150. The SMILES string of the molecule is CC(C)NC(=O)C(=O)NC[C@H](c1cccnc1)S(=O)(=O)c1ccc(C(C)C)cc1. The van der Waals surface area contributed by atoms with Crippen molar-refractivity contribution in [2.24, 2.45) is 0 Å². The summed E-state index contributed by atoms with van der Waals surface area (Å²) in [5, 5.41) is 3.84. The van der Waals surface area contributed by atoms with Crippen molar-refractivity contribution in [2.75, 3.05) is 6.54 Å². The number of carbonyl (C=O) groups is 2. The van der Waals surface area contributed by atoms with Gasteiger partial charge >= 0.3 is 11.8 Å². The summed E-state index contributed by atoms with van der Waals surface area (Å²) in [5.41, 5.74) is 1.46. The normalized spacial score (nSPS) is 12.6. The van der Waals surface area contributed by atoms with E-state index in [1.165, 1.54) is 6.20 Å². The largest absolute Gasteiger partial charge is 0.346 e. The Morgan fingerprint density at radius 1 is 0.966 bits per heavy atom. The molecule has 0 fully saturated rings. The summed E-state index contributed by atoms with van der Waals surface area (Å²) in [5.74, 6) is -1.40. The molecule has 0 saturated carbocycles. The Morgan fingerprint density at radius 3 is 2.14 bits per heavy atom. The van der Waals surface area contributed by atoms with Crippen LogP contribution in [0, 0.1) is 0 Å². The van der Waals surface area contributed by atoms with Crippen LogP contribution in [0.15, 0.2) is 53.7 Å². The molecule has 0 radical (unpaired) electrons. The van der Waals surface area contributed by atoms with Crippen LogP contribution in [0.1, 0.15) is 50.0 Å². The number of amides is 2. The number of hydrogen-bond acceptors (Lipinski definition) is 5. The highest BCUT2D eigenvalue weighted by molar-refractivity contribution is 7.91. The third-order valence-electron chi connectivity index (χ3n) is 4.38. The van der Waals surface area contributed by atoms with Crippen LogP contribution in [0.2, 0.25) is 0 Å². The Hall–Kier alpha value is -2.74. The van der Waals surface area contributed by atoms with Crippen LogP contribution in [-0.2, 0) is 19.4 Å². The van der Waals surface area contributed by atoms with E-state index in [2.05, 4.69) is 15.6 Å². The first-order valence-corrected chi connectivity index (χ1v) is 11.0. The Labute approximate surface area is 171 Å². The number of nitrogens with one attached hydrogen (secondary N) is 2. The Balaban J connectivity index is 2.30. The van der Waals surface area contributed by atoms with Gasteiger partial charge in [0, 0.05) is 25.0 Å². The predicted molar refractivity (Wildman–Crippen MR) is 111 cm³/mol. The second kappa shape index (κ2) is 9.65. The molecule has 0 bridgehead atoms. The van der Waals surface area contributed by atoms with Crippen molar-refractivity contribution < 1.29 is 18.0 Å². The van der Waals surface area contributed by atoms with Crippen molar-refractivity contribution in [1.29, 1.82) is 0 Å². The summed E-state index contributed by atoms with van der Waals surface area (Å²) in [6.07, 6.45) is 2.99. The number of nitrogens with zero attached hydrogens (tertiary/aromatic N) is 1. The van der Waals surface area contributed by atoms with Gasteiger partial charge in [-0.15, -0.1) is 0 Å². The molecule has 0 saturated heterocycles. The number of hydrogen-bond donors (Lipinski definition) is 2. The molecule has 0 unspecified atom stereocenters. The van der Waals surface area contributed by atoms with Crippen LogP contribution in [0.25, 0.3) is 0 Å². The molecule has 0 aliphatic rings. The van der Waals surface area contributed by atoms with Gasteiger partial charge in [0.25, 0.3) is 0 Å². The maximum atomic E-state index is 13.3. The summed E-state index contributed by atoms with van der Waals surface area (Å²) in [7, 11) is -3.83. The molecule has 0 aliphatic heterocycles. The molecule has 1 atom stereocenters. The monoisotopic (exact) mass is 417 g/mol. The molecule has 1 aromatic heterocycles. The summed E-state index contributed by atoms with van der Waals surface area (Å²) in [6.45, 7) is 7.27. The highest BCUT2D eigenvalue weighted by Crippen LogP contribution is 2.29. The molecular formula is C21H27N3O4S. The van der Waals surface area contributed by atoms with Crippen molar-refractivity contribution in [3.8, 4) is 0 Å². The highest BCUT2D eigenvalue weighted by Gasteiger charge is 2.30. The lowest BCUT2D eigenvalue weighted by molar-refractivity contribution is -0.139. The number of rotatable bonds is 7. The van der Waals surface area contributed by atoms with Gasteiger partial charge in [0.2, 0.25) is 0 Å². The first-order chi connectivity index (χ1) is 13.6. The molecule has 2 rings (SSSR count). The van der Waals surface area contributed by atoms with Gasteiger partial charge in [-0.2, -0.15) is 0 Å². The molecule has 1 heterocycles. The molecule has 0 aliphatic carbocycles. The quantitative estimate of drug-likeness (QED) is 0.673. The fraction of sp³-hybridized carbons (Fsp3) is 0.381. The zero-order chi connectivity index (χ0) is 21.6. The van der Waals surface area contributed by atoms with Crippen molar-refractivity contribution >= 4 is 21.7 Å². The average Bonchev–Trinajstić information content (AvgIpc) is 2.68. The fourth-order valence-electron chi connectivity index (χ4n) is 2.77. The second-order valence-corrected chi connectivity index (χ2v) is 9.51. The first-order valence-electron chi connectivity index (χ1n) is 9.45. The topological polar surface area (TPSA) is 105 Å². The van der Waals surface area contributed by atoms with Crippen LogP contribution in [0.4, 0.5) is 0 Å². The molecule has 1 aromatic carbocycles. The zero-order valence-corrected chi connectivity index (χ0v) is 17.9. The maximum Gasteiger partial charge on any atom is 0.309 e. The molecule has 0 spiro atoms. The van der Waals surface area contributed by atoms with E-state index in [-0.39, 0.29) is 23.4 Å². The highest BCUT2D eigenvalue weighted by atomic mass is 32.2. The first kappa shape index (κ1) is 22.5. The van der Waals surface area contributed by atoms with Crippen molar-refractivity contribution in [1.82, 2.24) is 15.6 Å². The Bertz CT molecular complexity index is 940. The minimum Gasteiger partial charge on any atom is -0.346 e. The van der Waals surface area contributed by atoms with Crippen molar-refractivity contribution in [3.63, 3.8) is 0 Å². The Morgan fingerprint density at radius 2 is 1.62 bits per heavy atom. The van der Waals surface area contributed by atoms with Crippen LogP contribution in [0.5, 0.6) is 0 Å². The number of aromatic nitrogens is 1. The van der Waals surface area contributed by atoms with E-state index in [0.717, 1.165) is 5.56 Å². The van der Waals surface area contributed by atoms with Gasteiger partial charge in [0.15, 0.2) is 9.84 Å². The summed E-state index contributed by atoms with van der Waals surface area (Å²) in [4.78, 5) is 28.0. The summed E-state index contributed by atoms with van der Waals surface area (Å²) >= 11 is 0. The van der Waals surface area contributed by atoms with Crippen LogP contribution in [0.3, 0.4) is 0 Å². The molecule has 8 heteroatoms. The van der Waals surface area contributed by atoms with E-state index in [4.69, 9.17) is 0 Å². The van der Waals surface area contributed by atoms with Gasteiger partial charge in [-0.1, -0.05) is 32.0 Å². The van der Waals surface area contributed by atoms with E-state index in [9.17, 15) is 18.0 Å². The third-order valence-corrected chi connectivity index (χ3v) is 6.50. The molecule has 7 nitrogen and oxygen atoms in total. The number of sulfone groups is 1. The van der Waals surface area contributed by atoms with E-state index >= 15 is 0 Å². The van der Waals surface area contributed by atoms with Crippen LogP contribution < -0.4 is 10.6 Å². The van der Waals surface area contributed by atoms with E-state index in [1.54, 1.807) is 56.4 Å². The van der Waals surface area contributed by atoms with E-state index in [0.29, 0.717) is 5.56 Å². The molecular weight excluding hydrogens is 390 g/mol. The van der Waals surface area contributed by atoms with Crippen LogP contribution in [-0.4, -0.2) is 37.8 Å². The standard InChI is InChI=1S/C21H27N3O4S/c1-14(2)16-7-9-18(10-8-16)29(27,28)19(17-6-5-11-22-12-17)13-23-20(25)21(26)24-15(3)4/h5-12,14-15,19H,13H2,1-4H3,(H,23,25)(H,24,26)/t19-/m1/s1. The van der Waals surface area contributed by atoms with Crippen LogP contribution >= 0.6 is 0 Å². The summed E-state index contributed by atoms with van der Waals surface area (Å²) in [6, 6.07) is 9.78. The van der Waals surface area contributed by atoms with Gasteiger partial charge in [-0.3, -0.25) is 14.6 Å². The van der Waals surface area contributed by atoms with Gasteiger partial charge in [-0.05, 0) is 49.1 Å². The van der Waals surface area contributed by atoms with Gasteiger partial charge in [-0.25, -0.2) is 8.42 Å². The van der Waals surface area contributed by atoms with E-state index in [1.807, 2.05) is 13.8 Å². The lowest BCUT2D eigenvalue weighted by Crippen LogP contribution is -2.44. The second-order valence-electron chi connectivity index (χ2n) is 7.38. The molecule has 156 valence electrons.